The van der Waals surface area contributed by atoms with Crippen LogP contribution in [0.3, 0.4) is 0 Å². The molecular formula is C14H25N3O. The van der Waals surface area contributed by atoms with Gasteiger partial charge in [0.2, 0.25) is 0 Å². The summed E-state index contributed by atoms with van der Waals surface area (Å²) in [6, 6.07) is 0.611. The Bertz CT molecular complexity index is 339. The zero-order valence-corrected chi connectivity index (χ0v) is 11.5. The van der Waals surface area contributed by atoms with E-state index < -0.39 is 0 Å². The van der Waals surface area contributed by atoms with E-state index in [0.29, 0.717) is 6.04 Å². The monoisotopic (exact) mass is 251 g/mol. The number of hydrogen-bond donors (Lipinski definition) is 2. The maximum atomic E-state index is 5.86. The van der Waals surface area contributed by atoms with Crippen LogP contribution in [0.1, 0.15) is 45.4 Å². The van der Waals surface area contributed by atoms with Crippen LogP contribution in [0.25, 0.3) is 0 Å². The highest BCUT2D eigenvalue weighted by molar-refractivity contribution is 4.88. The number of rotatable bonds is 6. The molecule has 1 aromatic rings. The van der Waals surface area contributed by atoms with Gasteiger partial charge < -0.3 is 15.0 Å². The van der Waals surface area contributed by atoms with Gasteiger partial charge in [-0.1, -0.05) is 6.92 Å². The number of nitrogens with one attached hydrogen (secondary N) is 2. The zero-order chi connectivity index (χ0) is 12.8. The topological polar surface area (TPSA) is 49.9 Å². The van der Waals surface area contributed by atoms with E-state index in [0.717, 1.165) is 51.1 Å². The molecule has 2 heterocycles. The fourth-order valence-electron chi connectivity index (χ4n) is 2.55. The second-order valence-electron chi connectivity index (χ2n) is 5.44. The van der Waals surface area contributed by atoms with Gasteiger partial charge in [-0.3, -0.25) is 0 Å². The van der Waals surface area contributed by atoms with Crippen molar-refractivity contribution in [3.63, 3.8) is 0 Å². The molecule has 102 valence electrons. The lowest BCUT2D eigenvalue weighted by Gasteiger charge is -2.38. The first-order valence-corrected chi connectivity index (χ1v) is 7.07. The number of nitrogens with zero attached hydrogens (tertiary/aromatic N) is 1. The van der Waals surface area contributed by atoms with Gasteiger partial charge in [0.15, 0.2) is 0 Å². The Morgan fingerprint density at radius 3 is 3.22 bits per heavy atom. The Hall–Kier alpha value is -0.870. The maximum Gasteiger partial charge on any atom is 0.106 e. The van der Waals surface area contributed by atoms with Gasteiger partial charge in [-0.15, -0.1) is 0 Å². The molecule has 0 spiro atoms. The lowest BCUT2D eigenvalue weighted by Crippen LogP contribution is -2.45. The van der Waals surface area contributed by atoms with Crippen LogP contribution in [0.2, 0.25) is 0 Å². The summed E-state index contributed by atoms with van der Waals surface area (Å²) in [6.07, 6.45) is 9.21. The number of imidazole rings is 1. The third-order valence-corrected chi connectivity index (χ3v) is 3.92. The molecule has 0 saturated carbocycles. The van der Waals surface area contributed by atoms with E-state index in [2.05, 4.69) is 29.1 Å². The predicted octanol–water partition coefficient (Wildman–Crippen LogP) is 2.28. The summed E-state index contributed by atoms with van der Waals surface area (Å²) < 4.78 is 5.86. The van der Waals surface area contributed by atoms with Gasteiger partial charge in [0.25, 0.3) is 0 Å². The summed E-state index contributed by atoms with van der Waals surface area (Å²) in [5.74, 6) is 1.09. The molecule has 2 unspecified atom stereocenters. The van der Waals surface area contributed by atoms with E-state index in [1.54, 1.807) is 0 Å². The average Bonchev–Trinajstić information content (AvgIpc) is 2.88. The average molecular weight is 251 g/mol. The third-order valence-electron chi connectivity index (χ3n) is 3.92. The number of aryl methyl sites for hydroxylation is 1. The number of H-pyrrole nitrogens is 1. The van der Waals surface area contributed by atoms with E-state index in [1.807, 2.05) is 12.4 Å². The van der Waals surface area contributed by atoms with Crippen molar-refractivity contribution < 1.29 is 4.74 Å². The van der Waals surface area contributed by atoms with Crippen LogP contribution in [0.5, 0.6) is 0 Å². The minimum atomic E-state index is 0.0803. The van der Waals surface area contributed by atoms with Crippen LogP contribution in [0, 0.1) is 0 Å². The molecule has 0 amide bonds. The summed E-state index contributed by atoms with van der Waals surface area (Å²) in [6.45, 7) is 6.38. The van der Waals surface area contributed by atoms with E-state index in [1.165, 1.54) is 0 Å². The lowest BCUT2D eigenvalue weighted by molar-refractivity contribution is -0.0778. The minimum absolute atomic E-state index is 0.0803. The van der Waals surface area contributed by atoms with E-state index in [-0.39, 0.29) is 5.60 Å². The highest BCUT2D eigenvalue weighted by atomic mass is 16.5. The SMILES string of the molecule is CCC1(C)CC(NCCCc2ncc[nH]2)CCO1. The highest BCUT2D eigenvalue weighted by Crippen LogP contribution is 2.27. The Morgan fingerprint density at radius 1 is 1.61 bits per heavy atom. The summed E-state index contributed by atoms with van der Waals surface area (Å²) in [5, 5.41) is 3.65. The van der Waals surface area contributed by atoms with Crippen molar-refractivity contribution >= 4 is 0 Å². The summed E-state index contributed by atoms with van der Waals surface area (Å²) in [5.41, 5.74) is 0.0803. The zero-order valence-electron chi connectivity index (χ0n) is 11.5. The fraction of sp³-hybridized carbons (Fsp3) is 0.786. The van der Waals surface area contributed by atoms with Crippen molar-refractivity contribution in [1.29, 1.82) is 0 Å². The lowest BCUT2D eigenvalue weighted by atomic mass is 9.90. The Kier molecular flexibility index (Phi) is 4.78. The standard InChI is InChI=1S/C14H25N3O/c1-3-14(2)11-12(6-10-18-14)15-7-4-5-13-16-8-9-17-13/h8-9,12,15H,3-7,10-11H2,1-2H3,(H,16,17). The summed E-state index contributed by atoms with van der Waals surface area (Å²) in [7, 11) is 0. The van der Waals surface area contributed by atoms with Gasteiger partial charge in [-0.25, -0.2) is 4.98 Å². The first kappa shape index (κ1) is 13.6. The quantitative estimate of drug-likeness (QED) is 0.763. The Labute approximate surface area is 110 Å². The van der Waals surface area contributed by atoms with Gasteiger partial charge in [0, 0.05) is 31.5 Å². The summed E-state index contributed by atoms with van der Waals surface area (Å²) in [4.78, 5) is 7.37. The molecule has 0 aliphatic carbocycles. The van der Waals surface area contributed by atoms with Crippen molar-refractivity contribution in [1.82, 2.24) is 15.3 Å². The minimum Gasteiger partial charge on any atom is -0.375 e. The molecular weight excluding hydrogens is 226 g/mol. The molecule has 1 aliphatic heterocycles. The van der Waals surface area contributed by atoms with Crippen LogP contribution in [0.15, 0.2) is 12.4 Å². The second-order valence-corrected chi connectivity index (χ2v) is 5.44. The van der Waals surface area contributed by atoms with E-state index >= 15 is 0 Å². The fourth-order valence-corrected chi connectivity index (χ4v) is 2.55. The smallest absolute Gasteiger partial charge is 0.106 e. The first-order chi connectivity index (χ1) is 8.72. The van der Waals surface area contributed by atoms with Gasteiger partial charge in [-0.05, 0) is 39.2 Å². The van der Waals surface area contributed by atoms with Gasteiger partial charge in [-0.2, -0.15) is 0 Å². The second kappa shape index (κ2) is 6.34. The molecule has 1 aliphatic rings. The van der Waals surface area contributed by atoms with Crippen molar-refractivity contribution in [2.75, 3.05) is 13.2 Å². The van der Waals surface area contributed by atoms with Crippen LogP contribution in [-0.4, -0.2) is 34.8 Å². The molecule has 0 aromatic carbocycles. The predicted molar refractivity (Wildman–Crippen MR) is 72.6 cm³/mol. The normalized spacial score (nSPS) is 28.4. The van der Waals surface area contributed by atoms with Gasteiger partial charge in [0.1, 0.15) is 5.82 Å². The molecule has 2 rings (SSSR count). The Balaban J connectivity index is 1.64. The van der Waals surface area contributed by atoms with Crippen LogP contribution in [0.4, 0.5) is 0 Å². The van der Waals surface area contributed by atoms with Crippen molar-refractivity contribution in [3.05, 3.63) is 18.2 Å². The Morgan fingerprint density at radius 2 is 2.50 bits per heavy atom. The molecule has 1 fully saturated rings. The van der Waals surface area contributed by atoms with E-state index in [4.69, 9.17) is 4.74 Å². The van der Waals surface area contributed by atoms with E-state index in [9.17, 15) is 0 Å². The third kappa shape index (κ3) is 3.82. The maximum absolute atomic E-state index is 5.86. The van der Waals surface area contributed by atoms with Gasteiger partial charge >= 0.3 is 0 Å². The molecule has 2 N–H and O–H groups in total. The number of aromatic nitrogens is 2. The molecule has 1 saturated heterocycles. The molecule has 2 atom stereocenters. The molecule has 4 nitrogen and oxygen atoms in total. The highest BCUT2D eigenvalue weighted by Gasteiger charge is 2.31. The van der Waals surface area contributed by atoms with Crippen LogP contribution in [-0.2, 0) is 11.2 Å². The molecule has 0 radical (unpaired) electrons. The van der Waals surface area contributed by atoms with Crippen molar-refractivity contribution in [2.45, 2.75) is 57.6 Å². The molecule has 1 aromatic heterocycles. The largest absolute Gasteiger partial charge is 0.375 e. The summed E-state index contributed by atoms with van der Waals surface area (Å²) >= 11 is 0. The molecule has 0 bridgehead atoms. The van der Waals surface area contributed by atoms with Crippen molar-refractivity contribution in [2.24, 2.45) is 0 Å². The number of hydrogen-bond acceptors (Lipinski definition) is 3. The molecule has 4 heteroatoms. The van der Waals surface area contributed by atoms with Gasteiger partial charge in [0.05, 0.1) is 5.60 Å². The number of aromatic amines is 1. The molecule has 18 heavy (non-hydrogen) atoms. The number of ether oxygens (including phenoxy) is 1. The van der Waals surface area contributed by atoms with Crippen LogP contribution < -0.4 is 5.32 Å². The first-order valence-electron chi connectivity index (χ1n) is 7.07. The van der Waals surface area contributed by atoms with Crippen molar-refractivity contribution in [3.8, 4) is 0 Å². The van der Waals surface area contributed by atoms with Crippen LogP contribution >= 0.6 is 0 Å².